The van der Waals surface area contributed by atoms with Crippen molar-refractivity contribution in [1.82, 2.24) is 0 Å². The van der Waals surface area contributed by atoms with Crippen molar-refractivity contribution in [2.75, 3.05) is 11.8 Å². The zero-order valence-corrected chi connectivity index (χ0v) is 10.1. The molecule has 0 N–H and O–H groups in total. The van der Waals surface area contributed by atoms with Gasteiger partial charge in [-0.1, -0.05) is 30.3 Å². The van der Waals surface area contributed by atoms with Crippen LogP contribution in [0.1, 0.15) is 5.56 Å². The standard InChI is InChI=1S/C12H12Cl2O2/c13-8-11(9-14)16-12(15)7-6-10-4-2-1-3-5-10/h1-7,11H,8-9H2. The quantitative estimate of drug-likeness (QED) is 0.461. The highest BCUT2D eigenvalue weighted by molar-refractivity contribution is 6.21. The minimum Gasteiger partial charge on any atom is -0.457 e. The number of esters is 1. The molecule has 4 heteroatoms. The van der Waals surface area contributed by atoms with Crippen LogP contribution in [0.15, 0.2) is 36.4 Å². The van der Waals surface area contributed by atoms with Crippen molar-refractivity contribution >= 4 is 35.2 Å². The Morgan fingerprint density at radius 2 is 1.88 bits per heavy atom. The Bertz CT molecular complexity index is 345. The van der Waals surface area contributed by atoms with Crippen LogP contribution in [0.25, 0.3) is 6.08 Å². The van der Waals surface area contributed by atoms with Crippen LogP contribution in [-0.2, 0) is 9.53 Å². The number of carbonyl (C=O) groups excluding carboxylic acids is 1. The second-order valence-corrected chi connectivity index (χ2v) is 3.73. The number of rotatable bonds is 5. The molecule has 16 heavy (non-hydrogen) atoms. The average Bonchev–Trinajstić information content (AvgIpc) is 2.34. The molecule has 0 bridgehead atoms. The number of alkyl halides is 2. The van der Waals surface area contributed by atoms with Crippen LogP contribution >= 0.6 is 23.2 Å². The van der Waals surface area contributed by atoms with E-state index >= 15 is 0 Å². The first-order valence-corrected chi connectivity index (χ1v) is 5.89. The molecule has 0 aromatic heterocycles. The van der Waals surface area contributed by atoms with E-state index in [-0.39, 0.29) is 11.8 Å². The lowest BCUT2D eigenvalue weighted by atomic mass is 10.2. The molecule has 1 rings (SSSR count). The largest absolute Gasteiger partial charge is 0.457 e. The molecule has 0 saturated carbocycles. The number of benzene rings is 1. The maximum atomic E-state index is 11.3. The molecular weight excluding hydrogens is 247 g/mol. The molecular formula is C12H12Cl2O2. The van der Waals surface area contributed by atoms with Gasteiger partial charge in [0, 0.05) is 6.08 Å². The molecule has 0 radical (unpaired) electrons. The number of hydrogen-bond acceptors (Lipinski definition) is 2. The predicted octanol–water partition coefficient (Wildman–Crippen LogP) is 3.09. The zero-order valence-electron chi connectivity index (χ0n) is 8.61. The highest BCUT2D eigenvalue weighted by Gasteiger charge is 2.09. The third-order valence-corrected chi connectivity index (χ3v) is 2.53. The molecule has 0 aliphatic rings. The maximum Gasteiger partial charge on any atom is 0.331 e. The summed E-state index contributed by atoms with van der Waals surface area (Å²) in [6.45, 7) is 0. The minimum atomic E-state index is -0.435. The Morgan fingerprint density at radius 3 is 2.44 bits per heavy atom. The van der Waals surface area contributed by atoms with Gasteiger partial charge in [0.1, 0.15) is 6.10 Å². The summed E-state index contributed by atoms with van der Waals surface area (Å²) in [6.07, 6.45) is 2.61. The van der Waals surface area contributed by atoms with Gasteiger partial charge >= 0.3 is 5.97 Å². The molecule has 86 valence electrons. The SMILES string of the molecule is O=C(C=Cc1ccccc1)OC(CCl)CCl. The summed E-state index contributed by atoms with van der Waals surface area (Å²) in [4.78, 5) is 11.3. The van der Waals surface area contributed by atoms with Crippen LogP contribution in [-0.4, -0.2) is 23.8 Å². The van der Waals surface area contributed by atoms with Gasteiger partial charge in [0.25, 0.3) is 0 Å². The molecule has 0 saturated heterocycles. The summed E-state index contributed by atoms with van der Waals surface area (Å²) in [5, 5.41) is 0. The number of halogens is 2. The Labute approximate surface area is 105 Å². The smallest absolute Gasteiger partial charge is 0.331 e. The predicted molar refractivity (Wildman–Crippen MR) is 66.8 cm³/mol. The molecule has 0 atom stereocenters. The van der Waals surface area contributed by atoms with Crippen molar-refractivity contribution in [2.45, 2.75) is 6.10 Å². The fourth-order valence-electron chi connectivity index (χ4n) is 1.04. The van der Waals surface area contributed by atoms with Crippen molar-refractivity contribution in [3.05, 3.63) is 42.0 Å². The van der Waals surface area contributed by atoms with Gasteiger partial charge in [0.15, 0.2) is 0 Å². The molecule has 0 spiro atoms. The van der Waals surface area contributed by atoms with Gasteiger partial charge in [-0.15, -0.1) is 23.2 Å². The Morgan fingerprint density at radius 1 is 1.25 bits per heavy atom. The molecule has 0 fully saturated rings. The number of ether oxygens (including phenoxy) is 1. The van der Waals surface area contributed by atoms with E-state index in [9.17, 15) is 4.79 Å². The monoisotopic (exact) mass is 258 g/mol. The first kappa shape index (κ1) is 13.1. The normalized spacial score (nSPS) is 10.9. The van der Waals surface area contributed by atoms with Gasteiger partial charge in [0.2, 0.25) is 0 Å². The van der Waals surface area contributed by atoms with Crippen LogP contribution in [0.2, 0.25) is 0 Å². The molecule has 2 nitrogen and oxygen atoms in total. The summed E-state index contributed by atoms with van der Waals surface area (Å²) >= 11 is 11.1. The van der Waals surface area contributed by atoms with Crippen LogP contribution in [0.4, 0.5) is 0 Å². The van der Waals surface area contributed by atoms with Crippen LogP contribution in [0.3, 0.4) is 0 Å². The topological polar surface area (TPSA) is 26.3 Å². The third-order valence-electron chi connectivity index (χ3n) is 1.84. The second kappa shape index (κ2) is 7.31. The van der Waals surface area contributed by atoms with Gasteiger partial charge in [0.05, 0.1) is 11.8 Å². The summed E-state index contributed by atoms with van der Waals surface area (Å²) in [7, 11) is 0. The fraction of sp³-hybridized carbons (Fsp3) is 0.250. The van der Waals surface area contributed by atoms with E-state index in [1.165, 1.54) is 6.08 Å². The van der Waals surface area contributed by atoms with Gasteiger partial charge in [-0.3, -0.25) is 0 Å². The highest BCUT2D eigenvalue weighted by atomic mass is 35.5. The van der Waals surface area contributed by atoms with Gasteiger partial charge in [-0.05, 0) is 11.6 Å². The van der Waals surface area contributed by atoms with E-state index in [0.717, 1.165) is 5.56 Å². The van der Waals surface area contributed by atoms with Crippen molar-refractivity contribution in [2.24, 2.45) is 0 Å². The lowest BCUT2D eigenvalue weighted by molar-refractivity contribution is -0.140. The maximum absolute atomic E-state index is 11.3. The molecule has 0 amide bonds. The Balaban J connectivity index is 2.48. The molecule has 0 unspecified atom stereocenters. The summed E-state index contributed by atoms with van der Waals surface area (Å²) in [5.74, 6) is -0.0295. The third kappa shape index (κ3) is 4.69. The lowest BCUT2D eigenvalue weighted by Gasteiger charge is -2.09. The van der Waals surface area contributed by atoms with Crippen molar-refractivity contribution in [1.29, 1.82) is 0 Å². The van der Waals surface area contributed by atoms with E-state index < -0.39 is 12.1 Å². The zero-order chi connectivity index (χ0) is 11.8. The van der Waals surface area contributed by atoms with E-state index in [1.54, 1.807) is 6.08 Å². The lowest BCUT2D eigenvalue weighted by Crippen LogP contribution is -2.19. The molecule has 1 aromatic rings. The fourth-order valence-corrected chi connectivity index (χ4v) is 1.49. The second-order valence-electron chi connectivity index (χ2n) is 3.11. The highest BCUT2D eigenvalue weighted by Crippen LogP contribution is 2.03. The van der Waals surface area contributed by atoms with Gasteiger partial charge < -0.3 is 4.74 Å². The summed E-state index contributed by atoms with van der Waals surface area (Å²) in [6, 6.07) is 9.48. The van der Waals surface area contributed by atoms with Crippen LogP contribution < -0.4 is 0 Å². The van der Waals surface area contributed by atoms with E-state index in [1.807, 2.05) is 30.3 Å². The van der Waals surface area contributed by atoms with E-state index in [0.29, 0.717) is 0 Å². The van der Waals surface area contributed by atoms with Crippen LogP contribution in [0, 0.1) is 0 Å². The van der Waals surface area contributed by atoms with Gasteiger partial charge in [-0.25, -0.2) is 4.79 Å². The number of carbonyl (C=O) groups is 1. The van der Waals surface area contributed by atoms with Crippen molar-refractivity contribution < 1.29 is 9.53 Å². The molecule has 0 aliphatic heterocycles. The molecule has 0 heterocycles. The Hall–Kier alpha value is -0.990. The Kier molecular flexibility index (Phi) is 5.98. The summed E-state index contributed by atoms with van der Waals surface area (Å²) in [5.41, 5.74) is 0.938. The first-order valence-electron chi connectivity index (χ1n) is 4.82. The summed E-state index contributed by atoms with van der Waals surface area (Å²) < 4.78 is 4.98. The molecule has 1 aromatic carbocycles. The van der Waals surface area contributed by atoms with Crippen molar-refractivity contribution in [3.63, 3.8) is 0 Å². The minimum absolute atomic E-state index is 0.203. The van der Waals surface area contributed by atoms with Crippen molar-refractivity contribution in [3.8, 4) is 0 Å². The first-order chi connectivity index (χ1) is 7.76. The number of hydrogen-bond donors (Lipinski definition) is 0. The van der Waals surface area contributed by atoms with E-state index in [2.05, 4.69) is 0 Å². The average molecular weight is 259 g/mol. The van der Waals surface area contributed by atoms with E-state index in [4.69, 9.17) is 27.9 Å². The van der Waals surface area contributed by atoms with Gasteiger partial charge in [-0.2, -0.15) is 0 Å². The van der Waals surface area contributed by atoms with Crippen LogP contribution in [0.5, 0.6) is 0 Å². The molecule has 0 aliphatic carbocycles.